The first-order valence-electron chi connectivity index (χ1n) is 8.12. The molecular weight excluding hydrogens is 292 g/mol. The molecule has 0 radical (unpaired) electrons. The van der Waals surface area contributed by atoms with E-state index in [9.17, 15) is 9.59 Å². The lowest BCUT2D eigenvalue weighted by Crippen LogP contribution is -2.37. The van der Waals surface area contributed by atoms with Crippen LogP contribution in [0.5, 0.6) is 0 Å². The monoisotopic (exact) mass is 314 g/mol. The quantitative estimate of drug-likeness (QED) is 0.877. The summed E-state index contributed by atoms with van der Waals surface area (Å²) in [4.78, 5) is 26.4. The molecule has 1 aliphatic carbocycles. The van der Waals surface area contributed by atoms with Crippen molar-refractivity contribution in [3.8, 4) is 0 Å². The molecule has 0 unspecified atom stereocenters. The highest BCUT2D eigenvalue weighted by molar-refractivity contribution is 6.04. The van der Waals surface area contributed by atoms with E-state index in [-0.39, 0.29) is 17.2 Å². The molecule has 122 valence electrons. The number of likely N-dealkylation sites (N-methyl/N-ethyl adjacent to an activating group) is 1. The molecule has 0 spiro atoms. The van der Waals surface area contributed by atoms with E-state index in [0.29, 0.717) is 23.4 Å². The number of amides is 1. The Bertz CT molecular complexity index is 750. The van der Waals surface area contributed by atoms with E-state index in [1.54, 1.807) is 24.3 Å². The number of hydrogen-bond donors (Lipinski definition) is 2. The first-order chi connectivity index (χ1) is 11.2. The van der Waals surface area contributed by atoms with Crippen molar-refractivity contribution in [3.05, 3.63) is 40.3 Å². The van der Waals surface area contributed by atoms with E-state index >= 15 is 0 Å². The van der Waals surface area contributed by atoms with Crippen LogP contribution in [0.3, 0.4) is 0 Å². The Morgan fingerprint density at radius 1 is 1.30 bits per heavy atom. The molecule has 1 heterocycles. The minimum atomic E-state index is -0.280. The molecule has 0 atom stereocenters. The second-order valence-electron chi connectivity index (χ2n) is 6.12. The SMILES string of the molecule is CN(CCNC(=O)c1n[nH]c(=O)c2ccccc12)C1CCCC1. The average Bonchev–Trinajstić information content (AvgIpc) is 3.10. The maximum absolute atomic E-state index is 12.4. The second-order valence-corrected chi connectivity index (χ2v) is 6.12. The highest BCUT2D eigenvalue weighted by atomic mass is 16.2. The number of hydrogen-bond acceptors (Lipinski definition) is 4. The number of H-pyrrole nitrogens is 1. The molecule has 1 fully saturated rings. The van der Waals surface area contributed by atoms with Crippen LogP contribution < -0.4 is 10.9 Å². The molecule has 2 N–H and O–H groups in total. The molecule has 1 aromatic heterocycles. The molecule has 1 aliphatic rings. The summed E-state index contributed by atoms with van der Waals surface area (Å²) in [5, 5.41) is 10.3. The molecule has 1 amide bonds. The van der Waals surface area contributed by atoms with Gasteiger partial charge in [0, 0.05) is 24.5 Å². The Morgan fingerprint density at radius 2 is 2.00 bits per heavy atom. The smallest absolute Gasteiger partial charge is 0.272 e. The maximum atomic E-state index is 12.4. The molecule has 6 nitrogen and oxygen atoms in total. The third-order valence-electron chi connectivity index (χ3n) is 4.61. The number of aromatic nitrogens is 2. The fourth-order valence-corrected chi connectivity index (χ4v) is 3.24. The molecular formula is C17H22N4O2. The number of nitrogens with one attached hydrogen (secondary N) is 2. The summed E-state index contributed by atoms with van der Waals surface area (Å²) < 4.78 is 0. The van der Waals surface area contributed by atoms with Crippen molar-refractivity contribution in [2.24, 2.45) is 0 Å². The van der Waals surface area contributed by atoms with E-state index in [2.05, 4.69) is 27.5 Å². The molecule has 0 bridgehead atoms. The minimum absolute atomic E-state index is 0.253. The van der Waals surface area contributed by atoms with Crippen LogP contribution in [0.15, 0.2) is 29.1 Å². The largest absolute Gasteiger partial charge is 0.349 e. The van der Waals surface area contributed by atoms with Gasteiger partial charge in [0.1, 0.15) is 0 Å². The number of carbonyl (C=O) groups excluding carboxylic acids is 1. The first kappa shape index (κ1) is 15.7. The Labute approximate surface area is 134 Å². The maximum Gasteiger partial charge on any atom is 0.272 e. The van der Waals surface area contributed by atoms with Gasteiger partial charge in [0.15, 0.2) is 5.69 Å². The number of benzene rings is 1. The lowest BCUT2D eigenvalue weighted by molar-refractivity contribution is 0.0943. The van der Waals surface area contributed by atoms with Crippen LogP contribution in [0.4, 0.5) is 0 Å². The number of nitrogens with zero attached hydrogens (tertiary/aromatic N) is 2. The third kappa shape index (κ3) is 3.42. The third-order valence-corrected chi connectivity index (χ3v) is 4.61. The van der Waals surface area contributed by atoms with Gasteiger partial charge in [0.05, 0.1) is 5.39 Å². The summed E-state index contributed by atoms with van der Waals surface area (Å²) in [7, 11) is 2.11. The lowest BCUT2D eigenvalue weighted by atomic mass is 10.1. The van der Waals surface area contributed by atoms with Gasteiger partial charge in [-0.1, -0.05) is 31.0 Å². The van der Waals surface area contributed by atoms with E-state index in [1.165, 1.54) is 25.7 Å². The van der Waals surface area contributed by atoms with Gasteiger partial charge in [0.2, 0.25) is 0 Å². The Hall–Kier alpha value is -2.21. The van der Waals surface area contributed by atoms with Gasteiger partial charge in [-0.3, -0.25) is 9.59 Å². The summed E-state index contributed by atoms with van der Waals surface area (Å²) in [5.41, 5.74) is -0.0122. The predicted molar refractivity (Wildman–Crippen MR) is 89.6 cm³/mol. The summed E-state index contributed by atoms with van der Waals surface area (Å²) in [6.07, 6.45) is 5.09. The first-order valence-corrected chi connectivity index (χ1v) is 8.12. The van der Waals surface area contributed by atoms with Crippen LogP contribution in [0.2, 0.25) is 0 Å². The molecule has 23 heavy (non-hydrogen) atoms. The molecule has 0 aliphatic heterocycles. The van der Waals surface area contributed by atoms with Gasteiger partial charge in [-0.15, -0.1) is 0 Å². The van der Waals surface area contributed by atoms with Gasteiger partial charge in [-0.05, 0) is 26.0 Å². The van der Waals surface area contributed by atoms with Gasteiger partial charge >= 0.3 is 0 Å². The number of fused-ring (bicyclic) bond motifs is 1. The summed E-state index contributed by atoms with van der Waals surface area (Å²) in [6, 6.07) is 7.65. The highest BCUT2D eigenvalue weighted by Gasteiger charge is 2.19. The topological polar surface area (TPSA) is 78.1 Å². The van der Waals surface area contributed by atoms with Crippen LogP contribution in [-0.2, 0) is 0 Å². The Kier molecular flexibility index (Phi) is 4.71. The van der Waals surface area contributed by atoms with Crippen LogP contribution in [0.1, 0.15) is 36.2 Å². The predicted octanol–water partition coefficient (Wildman–Crippen LogP) is 1.53. The van der Waals surface area contributed by atoms with Crippen molar-refractivity contribution >= 4 is 16.7 Å². The molecule has 6 heteroatoms. The van der Waals surface area contributed by atoms with Crippen LogP contribution in [0, 0.1) is 0 Å². The number of rotatable bonds is 5. The summed E-state index contributed by atoms with van der Waals surface area (Å²) in [5.74, 6) is -0.253. The van der Waals surface area contributed by atoms with Crippen molar-refractivity contribution < 1.29 is 4.79 Å². The zero-order valence-corrected chi connectivity index (χ0v) is 13.3. The zero-order valence-electron chi connectivity index (χ0n) is 13.3. The zero-order chi connectivity index (χ0) is 16.2. The van der Waals surface area contributed by atoms with Crippen LogP contribution in [-0.4, -0.2) is 47.2 Å². The van der Waals surface area contributed by atoms with Crippen molar-refractivity contribution in [2.45, 2.75) is 31.7 Å². The second kappa shape index (κ2) is 6.91. The lowest BCUT2D eigenvalue weighted by Gasteiger charge is -2.23. The van der Waals surface area contributed by atoms with Gasteiger partial charge in [-0.2, -0.15) is 5.10 Å². The molecule has 3 rings (SSSR count). The Balaban J connectivity index is 1.64. The van der Waals surface area contributed by atoms with Gasteiger partial charge < -0.3 is 10.2 Å². The van der Waals surface area contributed by atoms with E-state index in [0.717, 1.165) is 6.54 Å². The average molecular weight is 314 g/mol. The standard InChI is InChI=1S/C17H22N4O2/c1-21(12-6-2-3-7-12)11-10-18-17(23)15-13-8-4-5-9-14(13)16(22)20-19-15/h4-5,8-9,12H,2-3,6-7,10-11H2,1H3,(H,18,23)(H,20,22). The molecule has 1 aromatic carbocycles. The van der Waals surface area contributed by atoms with Crippen molar-refractivity contribution in [3.63, 3.8) is 0 Å². The van der Waals surface area contributed by atoms with E-state index < -0.39 is 0 Å². The van der Waals surface area contributed by atoms with E-state index in [4.69, 9.17) is 0 Å². The highest BCUT2D eigenvalue weighted by Crippen LogP contribution is 2.21. The van der Waals surface area contributed by atoms with Crippen molar-refractivity contribution in [1.82, 2.24) is 20.4 Å². The van der Waals surface area contributed by atoms with Gasteiger partial charge in [0.25, 0.3) is 11.5 Å². The Morgan fingerprint density at radius 3 is 2.74 bits per heavy atom. The number of carbonyl (C=O) groups is 1. The fraction of sp³-hybridized carbons (Fsp3) is 0.471. The molecule has 2 aromatic rings. The molecule has 0 saturated heterocycles. The van der Waals surface area contributed by atoms with Crippen molar-refractivity contribution in [1.29, 1.82) is 0 Å². The number of aromatic amines is 1. The van der Waals surface area contributed by atoms with Crippen LogP contribution in [0.25, 0.3) is 10.8 Å². The van der Waals surface area contributed by atoms with Gasteiger partial charge in [-0.25, -0.2) is 5.10 Å². The normalized spacial score (nSPS) is 15.4. The minimum Gasteiger partial charge on any atom is -0.349 e. The summed E-state index contributed by atoms with van der Waals surface area (Å²) >= 11 is 0. The fourth-order valence-electron chi connectivity index (χ4n) is 3.24. The van der Waals surface area contributed by atoms with Crippen molar-refractivity contribution in [2.75, 3.05) is 20.1 Å². The molecule has 1 saturated carbocycles. The van der Waals surface area contributed by atoms with E-state index in [1.807, 2.05) is 0 Å². The summed E-state index contributed by atoms with van der Waals surface area (Å²) in [6.45, 7) is 1.39. The van der Waals surface area contributed by atoms with Crippen LogP contribution >= 0.6 is 0 Å².